The highest BCUT2D eigenvalue weighted by Gasteiger charge is 2.56. The second-order valence-electron chi connectivity index (χ2n) is 14.8. The number of hydrogen-bond donors (Lipinski definition) is 1. The number of ether oxygens (including phenoxy) is 2. The molecule has 0 radical (unpaired) electrons. The van der Waals surface area contributed by atoms with Crippen LogP contribution in [0.5, 0.6) is 0 Å². The molecule has 214 valence electrons. The first-order chi connectivity index (χ1) is 16.3. The van der Waals surface area contributed by atoms with Gasteiger partial charge in [-0.3, -0.25) is 0 Å². The largest absolute Gasteiger partial charge is 0.417 e. The summed E-state index contributed by atoms with van der Waals surface area (Å²) in [5, 5.41) is 10.9. The molecule has 0 aromatic carbocycles. The molecule has 2 aliphatic rings. The minimum Gasteiger partial charge on any atom is -0.417 e. The number of aliphatic hydroxyl groups is 1. The molecule has 0 saturated carbocycles. The lowest BCUT2D eigenvalue weighted by molar-refractivity contribution is -0.354. The Morgan fingerprint density at radius 2 is 1.53 bits per heavy atom. The summed E-state index contributed by atoms with van der Waals surface area (Å²) in [5.74, 6) is -0.140. The lowest BCUT2D eigenvalue weighted by Gasteiger charge is -2.56. The monoisotopic (exact) mass is 544 g/mol. The zero-order valence-electron chi connectivity index (χ0n) is 25.9. The van der Waals surface area contributed by atoms with Gasteiger partial charge in [0.15, 0.2) is 22.4 Å². The fourth-order valence-electron chi connectivity index (χ4n) is 5.13. The van der Waals surface area contributed by atoms with Gasteiger partial charge in [-0.05, 0) is 67.9 Å². The fourth-order valence-corrected chi connectivity index (χ4v) is 7.85. The Hall–Kier alpha value is 0.234. The van der Waals surface area contributed by atoms with E-state index in [0.29, 0.717) is 5.92 Å². The van der Waals surface area contributed by atoms with Crippen LogP contribution in [0.3, 0.4) is 0 Å². The maximum atomic E-state index is 10.6. The van der Waals surface area contributed by atoms with Gasteiger partial charge >= 0.3 is 0 Å². The normalized spacial score (nSPS) is 32.8. The average molecular weight is 545 g/mol. The molecule has 0 amide bonds. The standard InChI is InChI=1S/C29H60O5Si2/c1-13-14-17-28(34-36(11,12)27(6,7)8)19-20-29(33-25(28)22-30)18-15-23(2)24(32-29)16-21-31-35(9,10)26(3,4)5/h23-25,30H,13-22H2,1-12H3/t23-,24+,25-,28+,29-/m0/s1. The van der Waals surface area contributed by atoms with Crippen LogP contribution in [0.2, 0.25) is 36.3 Å². The van der Waals surface area contributed by atoms with Crippen LogP contribution in [-0.2, 0) is 18.3 Å². The zero-order chi connectivity index (χ0) is 27.6. The zero-order valence-corrected chi connectivity index (χ0v) is 27.9. The lowest BCUT2D eigenvalue weighted by atomic mass is 9.79. The molecular formula is C29H60O5Si2. The van der Waals surface area contributed by atoms with Crippen LogP contribution in [0.1, 0.15) is 107 Å². The average Bonchev–Trinajstić information content (AvgIpc) is 2.74. The van der Waals surface area contributed by atoms with Crippen LogP contribution >= 0.6 is 0 Å². The number of aliphatic hydroxyl groups excluding tert-OH is 1. The van der Waals surface area contributed by atoms with Crippen molar-refractivity contribution in [3.05, 3.63) is 0 Å². The summed E-state index contributed by atoms with van der Waals surface area (Å²) < 4.78 is 27.2. The molecule has 5 nitrogen and oxygen atoms in total. The third kappa shape index (κ3) is 7.45. The first-order valence-electron chi connectivity index (χ1n) is 14.6. The van der Waals surface area contributed by atoms with E-state index < -0.39 is 28.0 Å². The van der Waals surface area contributed by atoms with E-state index in [1.165, 1.54) is 0 Å². The minimum absolute atomic E-state index is 0.0296. The number of rotatable bonds is 10. The van der Waals surface area contributed by atoms with Crippen molar-refractivity contribution in [3.8, 4) is 0 Å². The molecule has 0 aliphatic carbocycles. The van der Waals surface area contributed by atoms with E-state index in [9.17, 15) is 5.11 Å². The van der Waals surface area contributed by atoms with Crippen LogP contribution in [0.4, 0.5) is 0 Å². The molecule has 1 N–H and O–H groups in total. The summed E-state index contributed by atoms with van der Waals surface area (Å²) in [5.41, 5.74) is -0.438. The quantitative estimate of drug-likeness (QED) is 0.282. The van der Waals surface area contributed by atoms with Crippen molar-refractivity contribution < 1.29 is 23.4 Å². The number of hydrogen-bond acceptors (Lipinski definition) is 5. The third-order valence-corrected chi connectivity index (χ3v) is 19.0. The van der Waals surface area contributed by atoms with Crippen molar-refractivity contribution in [3.63, 3.8) is 0 Å². The first kappa shape index (κ1) is 32.4. The van der Waals surface area contributed by atoms with Crippen molar-refractivity contribution in [1.82, 2.24) is 0 Å². The van der Waals surface area contributed by atoms with Gasteiger partial charge in [-0.2, -0.15) is 0 Å². The first-order valence-corrected chi connectivity index (χ1v) is 20.5. The Kier molecular flexibility index (Phi) is 10.6. The van der Waals surface area contributed by atoms with Gasteiger partial charge in [0.05, 0.1) is 18.3 Å². The van der Waals surface area contributed by atoms with Crippen LogP contribution in [0.15, 0.2) is 0 Å². The van der Waals surface area contributed by atoms with E-state index in [0.717, 1.165) is 58.0 Å². The van der Waals surface area contributed by atoms with Gasteiger partial charge in [-0.25, -0.2) is 0 Å². The molecule has 2 heterocycles. The smallest absolute Gasteiger partial charge is 0.192 e. The molecular weight excluding hydrogens is 484 g/mol. The van der Waals surface area contributed by atoms with Crippen LogP contribution in [0.25, 0.3) is 0 Å². The Bertz CT molecular complexity index is 699. The molecule has 2 aliphatic heterocycles. The van der Waals surface area contributed by atoms with Gasteiger partial charge in [-0.1, -0.05) is 68.2 Å². The van der Waals surface area contributed by atoms with Gasteiger partial charge in [0, 0.05) is 19.4 Å². The predicted octanol–water partition coefficient (Wildman–Crippen LogP) is 8.03. The SMILES string of the molecule is CCCC[C@@]1(O[Si](C)(C)C(C)(C)C)CC[C@]2(CC[C@H](C)[C@@H](CCO[Si](C)(C)C(C)(C)C)O2)O[C@H]1CO. The van der Waals surface area contributed by atoms with Crippen LogP contribution in [0, 0.1) is 5.92 Å². The van der Waals surface area contributed by atoms with Gasteiger partial charge < -0.3 is 23.4 Å². The summed E-state index contributed by atoms with van der Waals surface area (Å²) >= 11 is 0. The summed E-state index contributed by atoms with van der Waals surface area (Å²) in [6, 6.07) is 0. The highest BCUT2D eigenvalue weighted by molar-refractivity contribution is 6.74. The molecule has 0 aromatic heterocycles. The van der Waals surface area contributed by atoms with E-state index in [2.05, 4.69) is 81.6 Å². The van der Waals surface area contributed by atoms with Crippen molar-refractivity contribution in [2.45, 2.75) is 167 Å². The molecule has 5 atom stereocenters. The Morgan fingerprint density at radius 3 is 2.06 bits per heavy atom. The Balaban J connectivity index is 2.18. The summed E-state index contributed by atoms with van der Waals surface area (Å²) in [6.45, 7) is 28.2. The van der Waals surface area contributed by atoms with E-state index in [4.69, 9.17) is 18.3 Å². The van der Waals surface area contributed by atoms with E-state index in [1.54, 1.807) is 0 Å². The molecule has 2 fully saturated rings. The minimum atomic E-state index is -2.05. The van der Waals surface area contributed by atoms with Crippen molar-refractivity contribution in [2.24, 2.45) is 5.92 Å². The maximum absolute atomic E-state index is 10.6. The molecule has 7 heteroatoms. The van der Waals surface area contributed by atoms with Gasteiger partial charge in [0.2, 0.25) is 0 Å². The number of unbranched alkanes of at least 4 members (excludes halogenated alkanes) is 1. The van der Waals surface area contributed by atoms with Crippen molar-refractivity contribution in [2.75, 3.05) is 13.2 Å². The van der Waals surface area contributed by atoms with E-state index in [1.807, 2.05) is 0 Å². The second-order valence-corrected chi connectivity index (χ2v) is 24.3. The molecule has 2 saturated heterocycles. The Labute approximate surface area is 225 Å². The van der Waals surface area contributed by atoms with E-state index >= 15 is 0 Å². The van der Waals surface area contributed by atoms with Crippen LogP contribution in [-0.4, -0.2) is 58.6 Å². The van der Waals surface area contributed by atoms with Crippen molar-refractivity contribution >= 4 is 16.6 Å². The van der Waals surface area contributed by atoms with Crippen LogP contribution < -0.4 is 0 Å². The van der Waals surface area contributed by atoms with Gasteiger partial charge in [0.25, 0.3) is 0 Å². The summed E-state index contributed by atoms with van der Waals surface area (Å²) in [4.78, 5) is 0. The molecule has 0 unspecified atom stereocenters. The fraction of sp³-hybridized carbons (Fsp3) is 1.00. The summed E-state index contributed by atoms with van der Waals surface area (Å²) in [6.07, 6.45) is 7.43. The molecule has 0 aromatic rings. The van der Waals surface area contributed by atoms with Gasteiger partial charge in [-0.15, -0.1) is 0 Å². The van der Waals surface area contributed by atoms with E-state index in [-0.39, 0.29) is 28.9 Å². The second kappa shape index (κ2) is 11.8. The topological polar surface area (TPSA) is 57.2 Å². The summed E-state index contributed by atoms with van der Waals surface area (Å²) in [7, 11) is -3.83. The van der Waals surface area contributed by atoms with Crippen molar-refractivity contribution in [1.29, 1.82) is 0 Å². The highest BCUT2D eigenvalue weighted by Crippen LogP contribution is 2.50. The Morgan fingerprint density at radius 1 is 0.917 bits per heavy atom. The third-order valence-electron chi connectivity index (χ3n) is 9.91. The van der Waals surface area contributed by atoms with Gasteiger partial charge in [0.1, 0.15) is 6.10 Å². The highest BCUT2D eigenvalue weighted by atomic mass is 28.4. The molecule has 36 heavy (non-hydrogen) atoms. The maximum Gasteiger partial charge on any atom is 0.192 e. The predicted molar refractivity (Wildman–Crippen MR) is 155 cm³/mol. The molecule has 0 bridgehead atoms. The molecule has 2 rings (SSSR count). The lowest BCUT2D eigenvalue weighted by Crippen LogP contribution is -2.64. The molecule has 1 spiro atoms.